The van der Waals surface area contributed by atoms with E-state index in [1.54, 1.807) is 7.11 Å². The molecule has 0 aliphatic carbocycles. The Labute approximate surface area is 91.3 Å². The number of unbranched alkanes of at least 4 members (excludes halogenated alkanes) is 3. The molecule has 0 heterocycles. The molecule has 1 rings (SSSR count). The van der Waals surface area contributed by atoms with Crippen molar-refractivity contribution in [2.24, 2.45) is 0 Å². The van der Waals surface area contributed by atoms with Crippen molar-refractivity contribution in [1.29, 1.82) is 0 Å². The van der Waals surface area contributed by atoms with Crippen molar-refractivity contribution >= 4 is 0 Å². The minimum atomic E-state index is -0.181. The summed E-state index contributed by atoms with van der Waals surface area (Å²) in [5, 5.41) is 0. The second-order valence-electron chi connectivity index (χ2n) is 3.70. The summed E-state index contributed by atoms with van der Waals surface area (Å²) in [4.78, 5) is 0. The SMILES string of the molecule is COc1cccc(CCCCCCF)c1. The number of aryl methyl sites for hydroxylation is 1. The van der Waals surface area contributed by atoms with Gasteiger partial charge in [-0.3, -0.25) is 4.39 Å². The van der Waals surface area contributed by atoms with Gasteiger partial charge < -0.3 is 4.74 Å². The first-order valence-electron chi connectivity index (χ1n) is 5.55. The molecule has 0 radical (unpaired) electrons. The zero-order valence-electron chi connectivity index (χ0n) is 9.34. The molecule has 0 bridgehead atoms. The minimum Gasteiger partial charge on any atom is -0.497 e. The molecule has 1 nitrogen and oxygen atoms in total. The van der Waals surface area contributed by atoms with Crippen LogP contribution in [-0.2, 0) is 6.42 Å². The molecular weight excluding hydrogens is 191 g/mol. The van der Waals surface area contributed by atoms with E-state index < -0.39 is 0 Å². The molecule has 0 spiro atoms. The third-order valence-electron chi connectivity index (χ3n) is 2.48. The lowest BCUT2D eigenvalue weighted by Gasteiger charge is -2.04. The number of ether oxygens (including phenoxy) is 1. The van der Waals surface area contributed by atoms with Gasteiger partial charge in [0.25, 0.3) is 0 Å². The molecule has 0 amide bonds. The van der Waals surface area contributed by atoms with Crippen LogP contribution in [0.4, 0.5) is 4.39 Å². The van der Waals surface area contributed by atoms with Gasteiger partial charge in [0.15, 0.2) is 0 Å². The van der Waals surface area contributed by atoms with Crippen LogP contribution in [0.2, 0.25) is 0 Å². The second kappa shape index (κ2) is 7.27. The Morgan fingerprint density at radius 3 is 2.67 bits per heavy atom. The van der Waals surface area contributed by atoms with Gasteiger partial charge in [-0.25, -0.2) is 0 Å². The summed E-state index contributed by atoms with van der Waals surface area (Å²) in [5.41, 5.74) is 1.30. The fraction of sp³-hybridized carbons (Fsp3) is 0.538. The molecule has 0 aliphatic rings. The molecule has 0 aromatic heterocycles. The van der Waals surface area contributed by atoms with Gasteiger partial charge in [-0.05, 0) is 37.0 Å². The van der Waals surface area contributed by atoms with Crippen LogP contribution in [0.25, 0.3) is 0 Å². The maximum Gasteiger partial charge on any atom is 0.119 e. The van der Waals surface area contributed by atoms with Crippen LogP contribution in [0, 0.1) is 0 Å². The van der Waals surface area contributed by atoms with Crippen molar-refractivity contribution in [3.8, 4) is 5.75 Å². The molecule has 0 N–H and O–H groups in total. The molecule has 0 saturated heterocycles. The summed E-state index contributed by atoms with van der Waals surface area (Å²) >= 11 is 0. The minimum absolute atomic E-state index is 0.181. The van der Waals surface area contributed by atoms with Crippen molar-refractivity contribution in [2.75, 3.05) is 13.8 Å². The maximum absolute atomic E-state index is 11.8. The summed E-state index contributed by atoms with van der Waals surface area (Å²) in [5.74, 6) is 0.913. The van der Waals surface area contributed by atoms with Crippen LogP contribution >= 0.6 is 0 Å². The maximum atomic E-state index is 11.8. The van der Waals surface area contributed by atoms with Gasteiger partial charge in [-0.2, -0.15) is 0 Å². The van der Waals surface area contributed by atoms with Crippen molar-refractivity contribution in [2.45, 2.75) is 32.1 Å². The normalized spacial score (nSPS) is 10.3. The van der Waals surface area contributed by atoms with Crippen LogP contribution < -0.4 is 4.74 Å². The highest BCUT2D eigenvalue weighted by molar-refractivity contribution is 5.28. The summed E-state index contributed by atoms with van der Waals surface area (Å²) < 4.78 is 17.0. The topological polar surface area (TPSA) is 9.23 Å². The van der Waals surface area contributed by atoms with E-state index in [4.69, 9.17) is 4.74 Å². The number of benzene rings is 1. The molecule has 0 atom stereocenters. The van der Waals surface area contributed by atoms with Crippen LogP contribution in [0.15, 0.2) is 24.3 Å². The van der Waals surface area contributed by atoms with Gasteiger partial charge in [0.05, 0.1) is 13.8 Å². The lowest BCUT2D eigenvalue weighted by molar-refractivity contribution is 0.414. The predicted molar refractivity (Wildman–Crippen MR) is 61.1 cm³/mol. The fourth-order valence-corrected chi connectivity index (χ4v) is 1.61. The summed E-state index contributed by atoms with van der Waals surface area (Å²) in [6.07, 6.45) is 5.01. The van der Waals surface area contributed by atoms with Crippen molar-refractivity contribution in [1.82, 2.24) is 0 Å². The van der Waals surface area contributed by atoms with Gasteiger partial charge in [0, 0.05) is 0 Å². The highest BCUT2D eigenvalue weighted by atomic mass is 19.1. The third-order valence-corrected chi connectivity index (χ3v) is 2.48. The van der Waals surface area contributed by atoms with E-state index in [-0.39, 0.29) is 6.67 Å². The predicted octanol–water partition coefficient (Wildman–Crippen LogP) is 3.77. The first kappa shape index (κ1) is 12.0. The molecule has 0 aliphatic heterocycles. The Morgan fingerprint density at radius 1 is 1.13 bits per heavy atom. The van der Waals surface area contributed by atoms with Gasteiger partial charge >= 0.3 is 0 Å². The standard InChI is InChI=1S/C13H19FO/c1-15-13-9-6-8-12(11-13)7-4-2-3-5-10-14/h6,8-9,11H,2-5,7,10H2,1H3. The highest BCUT2D eigenvalue weighted by Crippen LogP contribution is 2.15. The van der Waals surface area contributed by atoms with E-state index in [0.29, 0.717) is 6.42 Å². The van der Waals surface area contributed by atoms with Crippen LogP contribution in [0.1, 0.15) is 31.2 Å². The summed E-state index contributed by atoms with van der Waals surface area (Å²) in [6.45, 7) is -0.181. The molecule has 2 heteroatoms. The zero-order chi connectivity index (χ0) is 10.9. The van der Waals surface area contributed by atoms with Gasteiger partial charge in [-0.1, -0.05) is 25.0 Å². The number of methoxy groups -OCH3 is 1. The van der Waals surface area contributed by atoms with Crippen molar-refractivity contribution in [3.63, 3.8) is 0 Å². The smallest absolute Gasteiger partial charge is 0.119 e. The highest BCUT2D eigenvalue weighted by Gasteiger charge is 1.96. The zero-order valence-corrected chi connectivity index (χ0v) is 9.34. The van der Waals surface area contributed by atoms with Crippen LogP contribution in [0.3, 0.4) is 0 Å². The van der Waals surface area contributed by atoms with E-state index >= 15 is 0 Å². The van der Waals surface area contributed by atoms with Gasteiger partial charge in [0.1, 0.15) is 5.75 Å². The van der Waals surface area contributed by atoms with Crippen LogP contribution in [-0.4, -0.2) is 13.8 Å². The quantitative estimate of drug-likeness (QED) is 0.622. The molecule has 1 aromatic carbocycles. The second-order valence-corrected chi connectivity index (χ2v) is 3.70. The van der Waals surface area contributed by atoms with Gasteiger partial charge in [-0.15, -0.1) is 0 Å². The molecule has 84 valence electrons. The molecule has 15 heavy (non-hydrogen) atoms. The van der Waals surface area contributed by atoms with Crippen molar-refractivity contribution in [3.05, 3.63) is 29.8 Å². The van der Waals surface area contributed by atoms with E-state index in [1.165, 1.54) is 5.56 Å². The molecule has 0 unspecified atom stereocenters. The number of rotatable bonds is 7. The molecule has 0 fully saturated rings. The third kappa shape index (κ3) is 4.82. The Kier molecular flexibility index (Phi) is 5.83. The van der Waals surface area contributed by atoms with E-state index in [1.807, 2.05) is 12.1 Å². The lowest BCUT2D eigenvalue weighted by Crippen LogP contribution is -1.88. The summed E-state index contributed by atoms with van der Waals surface area (Å²) in [6, 6.07) is 8.13. The number of alkyl halides is 1. The average molecular weight is 210 g/mol. The number of halogens is 1. The Hall–Kier alpha value is -1.05. The first-order chi connectivity index (χ1) is 7.36. The first-order valence-corrected chi connectivity index (χ1v) is 5.55. The number of hydrogen-bond acceptors (Lipinski definition) is 1. The largest absolute Gasteiger partial charge is 0.497 e. The van der Waals surface area contributed by atoms with Crippen LogP contribution in [0.5, 0.6) is 5.75 Å². The monoisotopic (exact) mass is 210 g/mol. The average Bonchev–Trinajstić information content (AvgIpc) is 2.29. The molecule has 1 aromatic rings. The van der Waals surface area contributed by atoms with E-state index in [2.05, 4.69) is 12.1 Å². The Balaban J connectivity index is 2.24. The lowest BCUT2D eigenvalue weighted by atomic mass is 10.1. The van der Waals surface area contributed by atoms with E-state index in [9.17, 15) is 4.39 Å². The van der Waals surface area contributed by atoms with E-state index in [0.717, 1.165) is 31.4 Å². The Bertz CT molecular complexity index is 273. The summed E-state index contributed by atoms with van der Waals surface area (Å²) in [7, 11) is 1.68. The van der Waals surface area contributed by atoms with Gasteiger partial charge in [0.2, 0.25) is 0 Å². The molecule has 0 saturated carbocycles. The van der Waals surface area contributed by atoms with Crippen molar-refractivity contribution < 1.29 is 9.13 Å². The fourth-order valence-electron chi connectivity index (χ4n) is 1.61. The Morgan fingerprint density at radius 2 is 1.93 bits per heavy atom. The molecular formula is C13H19FO. The number of hydrogen-bond donors (Lipinski definition) is 0.